The number of nitrogens with zero attached hydrogens (tertiary/aromatic N) is 1. The molecule has 1 aliphatic carbocycles. The fraction of sp³-hybridized carbons (Fsp3) is 1.00. The first kappa shape index (κ1) is 13.9. The van der Waals surface area contributed by atoms with Gasteiger partial charge < -0.3 is 10.2 Å². The topological polar surface area (TPSA) is 15.3 Å². The molecule has 2 unspecified atom stereocenters. The fourth-order valence-electron chi connectivity index (χ4n) is 4.66. The van der Waals surface area contributed by atoms with Crippen LogP contribution in [0.4, 0.5) is 0 Å². The summed E-state index contributed by atoms with van der Waals surface area (Å²) < 4.78 is 0. The molecule has 3 rings (SSSR count). The lowest BCUT2D eigenvalue weighted by atomic mass is 9.86. The number of hydrogen-bond acceptors (Lipinski definition) is 2. The van der Waals surface area contributed by atoms with Gasteiger partial charge in [-0.25, -0.2) is 0 Å². The van der Waals surface area contributed by atoms with E-state index in [0.717, 1.165) is 30.0 Å². The third-order valence-corrected chi connectivity index (χ3v) is 6.07. The van der Waals surface area contributed by atoms with Gasteiger partial charge in [0.25, 0.3) is 0 Å². The highest BCUT2D eigenvalue weighted by Crippen LogP contribution is 2.33. The van der Waals surface area contributed by atoms with Crippen molar-refractivity contribution >= 4 is 0 Å². The lowest BCUT2D eigenvalue weighted by molar-refractivity contribution is 0.153. The first-order valence-corrected chi connectivity index (χ1v) is 8.67. The third kappa shape index (κ3) is 3.52. The Hall–Kier alpha value is -0.0800. The largest absolute Gasteiger partial charge is 0.311 e. The number of fused-ring (bicyclic) bond motifs is 2. The number of hydrogen-bond donors (Lipinski definition) is 1. The van der Waals surface area contributed by atoms with Crippen molar-refractivity contribution in [2.24, 2.45) is 11.8 Å². The summed E-state index contributed by atoms with van der Waals surface area (Å²) in [4.78, 5) is 2.68. The molecule has 2 heteroatoms. The molecule has 1 saturated carbocycles. The first-order chi connectivity index (χ1) is 9.20. The zero-order valence-corrected chi connectivity index (χ0v) is 12.9. The quantitative estimate of drug-likeness (QED) is 0.837. The molecule has 2 saturated heterocycles. The molecule has 1 N–H and O–H groups in total. The fourth-order valence-corrected chi connectivity index (χ4v) is 4.66. The molecule has 2 aliphatic heterocycles. The molecule has 0 radical (unpaired) electrons. The van der Waals surface area contributed by atoms with Crippen LogP contribution in [0.2, 0.25) is 0 Å². The number of rotatable bonds is 4. The molecule has 3 fully saturated rings. The van der Waals surface area contributed by atoms with Crippen molar-refractivity contribution in [3.8, 4) is 0 Å². The van der Waals surface area contributed by atoms with Gasteiger partial charge in [-0.15, -0.1) is 0 Å². The van der Waals surface area contributed by atoms with Crippen molar-refractivity contribution in [1.82, 2.24) is 10.2 Å². The average molecular weight is 264 g/mol. The van der Waals surface area contributed by atoms with Crippen molar-refractivity contribution in [3.05, 3.63) is 0 Å². The minimum atomic E-state index is 0.865. The van der Waals surface area contributed by atoms with E-state index < -0.39 is 0 Å². The molecule has 2 nitrogen and oxygen atoms in total. The van der Waals surface area contributed by atoms with Crippen LogP contribution in [-0.4, -0.2) is 36.6 Å². The zero-order chi connectivity index (χ0) is 13.2. The minimum absolute atomic E-state index is 0.865. The van der Waals surface area contributed by atoms with Gasteiger partial charge in [-0.1, -0.05) is 6.92 Å². The zero-order valence-electron chi connectivity index (χ0n) is 12.9. The van der Waals surface area contributed by atoms with E-state index in [1.165, 1.54) is 64.3 Å². The van der Waals surface area contributed by atoms with Crippen molar-refractivity contribution in [2.75, 3.05) is 13.6 Å². The van der Waals surface area contributed by atoms with Crippen LogP contribution >= 0.6 is 0 Å². The van der Waals surface area contributed by atoms with E-state index in [1.807, 2.05) is 0 Å². The Morgan fingerprint density at radius 1 is 0.947 bits per heavy atom. The maximum absolute atomic E-state index is 3.76. The van der Waals surface area contributed by atoms with Crippen LogP contribution in [0.15, 0.2) is 0 Å². The highest BCUT2D eigenvalue weighted by atomic mass is 15.1. The second-order valence-electron chi connectivity index (χ2n) is 7.66. The normalized spacial score (nSPS) is 42.8. The van der Waals surface area contributed by atoms with E-state index in [4.69, 9.17) is 0 Å². The van der Waals surface area contributed by atoms with Crippen molar-refractivity contribution in [2.45, 2.75) is 82.8 Å². The van der Waals surface area contributed by atoms with Crippen LogP contribution in [0.3, 0.4) is 0 Å². The Morgan fingerprint density at radius 2 is 1.58 bits per heavy atom. The summed E-state index contributed by atoms with van der Waals surface area (Å²) in [5.41, 5.74) is 0. The van der Waals surface area contributed by atoms with Gasteiger partial charge in [0.05, 0.1) is 0 Å². The molecule has 0 aromatic rings. The minimum Gasteiger partial charge on any atom is -0.311 e. The van der Waals surface area contributed by atoms with Crippen molar-refractivity contribution in [1.29, 1.82) is 0 Å². The van der Waals surface area contributed by atoms with E-state index in [0.29, 0.717) is 0 Å². The summed E-state index contributed by atoms with van der Waals surface area (Å²) >= 11 is 0. The van der Waals surface area contributed by atoms with Gasteiger partial charge in [0.1, 0.15) is 0 Å². The van der Waals surface area contributed by atoms with Crippen LogP contribution in [0.5, 0.6) is 0 Å². The summed E-state index contributed by atoms with van der Waals surface area (Å²) in [5.74, 6) is 1.98. The van der Waals surface area contributed by atoms with Crippen LogP contribution in [0.25, 0.3) is 0 Å². The predicted octanol–water partition coefficient (Wildman–Crippen LogP) is 3.42. The van der Waals surface area contributed by atoms with E-state index in [-0.39, 0.29) is 0 Å². The maximum Gasteiger partial charge on any atom is 0.00924 e. The molecule has 2 heterocycles. The van der Waals surface area contributed by atoms with Crippen LogP contribution in [0.1, 0.15) is 64.7 Å². The molecular weight excluding hydrogens is 232 g/mol. The van der Waals surface area contributed by atoms with Gasteiger partial charge in [0, 0.05) is 18.1 Å². The van der Waals surface area contributed by atoms with Gasteiger partial charge >= 0.3 is 0 Å². The average Bonchev–Trinajstić information content (AvgIpc) is 2.76. The van der Waals surface area contributed by atoms with Gasteiger partial charge in [0.2, 0.25) is 0 Å². The molecule has 0 spiro atoms. The molecular formula is C17H32N2. The van der Waals surface area contributed by atoms with E-state index >= 15 is 0 Å². The molecule has 19 heavy (non-hydrogen) atoms. The molecule has 0 aromatic heterocycles. The third-order valence-electron chi connectivity index (χ3n) is 6.07. The Balaban J connectivity index is 1.39. The van der Waals surface area contributed by atoms with E-state index in [1.54, 1.807) is 0 Å². The second-order valence-corrected chi connectivity index (χ2v) is 7.66. The van der Waals surface area contributed by atoms with Crippen LogP contribution in [0, 0.1) is 11.8 Å². The van der Waals surface area contributed by atoms with E-state index in [9.17, 15) is 0 Å². The SMILES string of the molecule is CC1CCC(N(C)CCC2CC3CCC(C2)N3)CC1. The molecule has 0 amide bonds. The maximum atomic E-state index is 3.76. The van der Waals surface area contributed by atoms with Crippen LogP contribution < -0.4 is 5.32 Å². The molecule has 0 aromatic carbocycles. The Morgan fingerprint density at radius 3 is 2.21 bits per heavy atom. The first-order valence-electron chi connectivity index (χ1n) is 8.67. The lowest BCUT2D eigenvalue weighted by Gasteiger charge is -2.35. The van der Waals surface area contributed by atoms with Crippen molar-refractivity contribution in [3.63, 3.8) is 0 Å². The van der Waals surface area contributed by atoms with Gasteiger partial charge in [-0.05, 0) is 83.2 Å². The summed E-state index contributed by atoms with van der Waals surface area (Å²) in [6, 6.07) is 2.61. The van der Waals surface area contributed by atoms with Gasteiger partial charge in [-0.3, -0.25) is 0 Å². The summed E-state index contributed by atoms with van der Waals surface area (Å²) in [7, 11) is 2.37. The number of piperidine rings is 1. The van der Waals surface area contributed by atoms with Gasteiger partial charge in [0.15, 0.2) is 0 Å². The number of nitrogens with one attached hydrogen (secondary N) is 1. The molecule has 3 aliphatic rings. The molecule has 2 bridgehead atoms. The Kier molecular flexibility index (Phi) is 4.48. The highest BCUT2D eigenvalue weighted by Gasteiger charge is 2.33. The summed E-state index contributed by atoms with van der Waals surface area (Å²) in [6.07, 6.45) is 13.0. The standard InChI is InChI=1S/C17H32N2/c1-13-3-7-17(8-4-13)19(2)10-9-14-11-15-5-6-16(12-14)18-15/h13-18H,3-12H2,1-2H3. The summed E-state index contributed by atoms with van der Waals surface area (Å²) in [6.45, 7) is 3.75. The molecule has 2 atom stereocenters. The van der Waals surface area contributed by atoms with Crippen molar-refractivity contribution < 1.29 is 0 Å². The summed E-state index contributed by atoms with van der Waals surface area (Å²) in [5, 5.41) is 3.76. The predicted molar refractivity (Wildman–Crippen MR) is 81.3 cm³/mol. The monoisotopic (exact) mass is 264 g/mol. The second kappa shape index (κ2) is 6.13. The van der Waals surface area contributed by atoms with Gasteiger partial charge in [-0.2, -0.15) is 0 Å². The smallest absolute Gasteiger partial charge is 0.00924 e. The lowest BCUT2D eigenvalue weighted by Crippen LogP contribution is -2.40. The Labute approximate surface area is 119 Å². The van der Waals surface area contributed by atoms with E-state index in [2.05, 4.69) is 24.2 Å². The highest BCUT2D eigenvalue weighted by molar-refractivity contribution is 4.92. The van der Waals surface area contributed by atoms with Crippen LogP contribution in [-0.2, 0) is 0 Å². The molecule has 110 valence electrons. The Bertz CT molecular complexity index is 271.